The molecule has 0 spiro atoms. The van der Waals surface area contributed by atoms with Crippen molar-refractivity contribution in [2.24, 2.45) is 5.92 Å². The predicted octanol–water partition coefficient (Wildman–Crippen LogP) is 4.10. The van der Waals surface area contributed by atoms with Crippen molar-refractivity contribution < 1.29 is 9.18 Å². The molecule has 1 amide bonds. The fourth-order valence-corrected chi connectivity index (χ4v) is 4.27. The summed E-state index contributed by atoms with van der Waals surface area (Å²) in [6.07, 6.45) is 2.00. The Morgan fingerprint density at radius 3 is 2.60 bits per heavy atom. The molecule has 30 heavy (non-hydrogen) atoms. The molecule has 0 aliphatic carbocycles. The molecule has 1 aromatic heterocycles. The molecule has 156 valence electrons. The lowest BCUT2D eigenvalue weighted by Gasteiger charge is -2.32. The summed E-state index contributed by atoms with van der Waals surface area (Å²) < 4.78 is 15.5. The number of aromatic nitrogens is 3. The van der Waals surface area contributed by atoms with Gasteiger partial charge in [0.1, 0.15) is 11.6 Å². The van der Waals surface area contributed by atoms with E-state index in [1.807, 2.05) is 0 Å². The van der Waals surface area contributed by atoms with Gasteiger partial charge in [0.25, 0.3) is 5.91 Å². The maximum absolute atomic E-state index is 14.2. The van der Waals surface area contributed by atoms with E-state index in [9.17, 15) is 14.0 Å². The second-order valence-corrected chi connectivity index (χ2v) is 8.14. The molecule has 0 unspecified atom stereocenters. The van der Waals surface area contributed by atoms with Gasteiger partial charge in [-0.2, -0.15) is 5.10 Å². The van der Waals surface area contributed by atoms with Crippen LogP contribution in [-0.4, -0.2) is 38.7 Å². The number of H-pyrrole nitrogens is 1. The van der Waals surface area contributed by atoms with Gasteiger partial charge in [-0.25, -0.2) is 18.9 Å². The largest absolute Gasteiger partial charge is 0.348 e. The second-order valence-electron chi connectivity index (χ2n) is 7.30. The monoisotopic (exact) mass is 448 g/mol. The predicted molar refractivity (Wildman–Crippen MR) is 113 cm³/mol. The fourth-order valence-electron chi connectivity index (χ4n) is 3.78. The number of piperidine rings is 1. The van der Waals surface area contributed by atoms with Gasteiger partial charge >= 0.3 is 5.69 Å². The summed E-state index contributed by atoms with van der Waals surface area (Å²) in [4.78, 5) is 26.7. The van der Waals surface area contributed by atoms with Gasteiger partial charge in [-0.05, 0) is 49.1 Å². The number of nitrogens with one attached hydrogen (secondary N) is 1. The number of benzene rings is 2. The van der Waals surface area contributed by atoms with Crippen LogP contribution in [0.1, 0.15) is 29.0 Å². The number of hydrogen-bond donors (Lipinski definition) is 1. The summed E-state index contributed by atoms with van der Waals surface area (Å²) >= 11 is 12.1. The quantitative estimate of drug-likeness (QED) is 0.652. The SMILES string of the molecule is O=C(c1ccc(Cl)cc1Cl)N1CCC(Cc2n[nH]c(=O)n2-c2ccccc2F)CC1. The maximum atomic E-state index is 14.2. The molecule has 2 aromatic carbocycles. The van der Waals surface area contributed by atoms with Crippen LogP contribution in [-0.2, 0) is 6.42 Å². The highest BCUT2D eigenvalue weighted by Gasteiger charge is 2.27. The van der Waals surface area contributed by atoms with Crippen LogP contribution in [0.3, 0.4) is 0 Å². The number of para-hydroxylation sites is 1. The van der Waals surface area contributed by atoms with Crippen LogP contribution in [0.15, 0.2) is 47.3 Å². The highest BCUT2D eigenvalue weighted by atomic mass is 35.5. The minimum Gasteiger partial charge on any atom is -0.339 e. The van der Waals surface area contributed by atoms with Crippen molar-refractivity contribution in [3.8, 4) is 5.69 Å². The summed E-state index contributed by atoms with van der Waals surface area (Å²) in [6.45, 7) is 1.13. The molecule has 0 bridgehead atoms. The van der Waals surface area contributed by atoms with Crippen LogP contribution < -0.4 is 5.69 Å². The number of nitrogens with zero attached hydrogens (tertiary/aromatic N) is 3. The molecule has 1 aliphatic heterocycles. The zero-order chi connectivity index (χ0) is 21.3. The van der Waals surface area contributed by atoms with Crippen molar-refractivity contribution in [1.29, 1.82) is 0 Å². The molecule has 3 aromatic rings. The van der Waals surface area contributed by atoms with E-state index in [2.05, 4.69) is 10.2 Å². The molecule has 2 heterocycles. The summed E-state index contributed by atoms with van der Waals surface area (Å²) in [6, 6.07) is 10.9. The molecule has 9 heteroatoms. The van der Waals surface area contributed by atoms with Crippen molar-refractivity contribution in [1.82, 2.24) is 19.7 Å². The first-order chi connectivity index (χ1) is 14.4. The maximum Gasteiger partial charge on any atom is 0.348 e. The van der Waals surface area contributed by atoms with Crippen LogP contribution in [0, 0.1) is 11.7 Å². The van der Waals surface area contributed by atoms with Crippen LogP contribution in [0.4, 0.5) is 4.39 Å². The van der Waals surface area contributed by atoms with Gasteiger partial charge in [-0.3, -0.25) is 4.79 Å². The van der Waals surface area contributed by atoms with Gasteiger partial charge in [0, 0.05) is 24.5 Å². The number of aromatic amines is 1. The Kier molecular flexibility index (Phi) is 5.92. The zero-order valence-corrected chi connectivity index (χ0v) is 17.5. The van der Waals surface area contributed by atoms with E-state index >= 15 is 0 Å². The van der Waals surface area contributed by atoms with E-state index in [1.54, 1.807) is 41.3 Å². The highest BCUT2D eigenvalue weighted by Crippen LogP contribution is 2.26. The third kappa shape index (κ3) is 4.13. The Morgan fingerprint density at radius 2 is 1.90 bits per heavy atom. The minimum atomic E-state index is -0.484. The Morgan fingerprint density at radius 1 is 1.17 bits per heavy atom. The van der Waals surface area contributed by atoms with Gasteiger partial charge in [-0.1, -0.05) is 35.3 Å². The van der Waals surface area contributed by atoms with Crippen LogP contribution in [0.5, 0.6) is 0 Å². The lowest BCUT2D eigenvalue weighted by Crippen LogP contribution is -2.39. The van der Waals surface area contributed by atoms with Crippen LogP contribution in [0.25, 0.3) is 5.69 Å². The van der Waals surface area contributed by atoms with E-state index < -0.39 is 11.5 Å². The van der Waals surface area contributed by atoms with E-state index in [-0.39, 0.29) is 17.5 Å². The molecule has 6 nitrogen and oxygen atoms in total. The smallest absolute Gasteiger partial charge is 0.339 e. The van der Waals surface area contributed by atoms with Gasteiger partial charge in [0.15, 0.2) is 0 Å². The van der Waals surface area contributed by atoms with Crippen molar-refractivity contribution in [2.75, 3.05) is 13.1 Å². The number of carbonyl (C=O) groups excluding carboxylic acids is 1. The van der Waals surface area contributed by atoms with Crippen molar-refractivity contribution in [2.45, 2.75) is 19.3 Å². The lowest BCUT2D eigenvalue weighted by molar-refractivity contribution is 0.0690. The number of amides is 1. The Hall–Kier alpha value is -2.64. The summed E-state index contributed by atoms with van der Waals surface area (Å²) in [5.74, 6) is 0.0896. The lowest BCUT2D eigenvalue weighted by atomic mass is 9.92. The number of rotatable bonds is 4. The molecule has 0 radical (unpaired) electrons. The first-order valence-electron chi connectivity index (χ1n) is 9.59. The average Bonchev–Trinajstić information content (AvgIpc) is 3.08. The molecule has 1 saturated heterocycles. The molecular formula is C21H19Cl2FN4O2. The van der Waals surface area contributed by atoms with E-state index in [0.29, 0.717) is 40.9 Å². The minimum absolute atomic E-state index is 0.127. The van der Waals surface area contributed by atoms with Crippen LogP contribution in [0.2, 0.25) is 10.0 Å². The summed E-state index contributed by atoms with van der Waals surface area (Å²) in [5, 5.41) is 7.32. The number of carbonyl (C=O) groups is 1. The number of likely N-dealkylation sites (tertiary alicyclic amines) is 1. The van der Waals surface area contributed by atoms with Gasteiger partial charge in [-0.15, -0.1) is 0 Å². The van der Waals surface area contributed by atoms with Crippen molar-refractivity contribution in [3.63, 3.8) is 0 Å². The van der Waals surface area contributed by atoms with Crippen molar-refractivity contribution in [3.05, 3.63) is 80.2 Å². The molecule has 1 fully saturated rings. The normalized spacial score (nSPS) is 14.8. The third-order valence-electron chi connectivity index (χ3n) is 5.37. The topological polar surface area (TPSA) is 71.0 Å². The van der Waals surface area contributed by atoms with Crippen LogP contribution >= 0.6 is 23.2 Å². The summed E-state index contributed by atoms with van der Waals surface area (Å²) in [7, 11) is 0. The van der Waals surface area contributed by atoms with E-state index in [0.717, 1.165) is 12.8 Å². The summed E-state index contributed by atoms with van der Waals surface area (Å²) in [5.41, 5.74) is 0.136. The molecule has 1 aliphatic rings. The van der Waals surface area contributed by atoms with E-state index in [4.69, 9.17) is 23.2 Å². The third-order valence-corrected chi connectivity index (χ3v) is 5.92. The number of halogens is 3. The standard InChI is InChI=1S/C21H19Cl2FN4O2/c22-14-5-6-15(16(23)12-14)20(29)27-9-7-13(8-10-27)11-19-25-26-21(30)28(19)18-4-2-1-3-17(18)24/h1-6,12-13H,7-11H2,(H,26,30). The average molecular weight is 449 g/mol. The number of hydrogen-bond acceptors (Lipinski definition) is 3. The van der Waals surface area contributed by atoms with Gasteiger partial charge < -0.3 is 4.90 Å². The fraction of sp³-hybridized carbons (Fsp3) is 0.286. The highest BCUT2D eigenvalue weighted by molar-refractivity contribution is 6.36. The Bertz CT molecular complexity index is 1140. The molecule has 1 N–H and O–H groups in total. The first-order valence-corrected chi connectivity index (χ1v) is 10.3. The Labute approximate surface area is 182 Å². The zero-order valence-electron chi connectivity index (χ0n) is 15.9. The second kappa shape index (κ2) is 8.62. The van der Waals surface area contributed by atoms with Gasteiger partial charge in [0.05, 0.1) is 16.3 Å². The molecular weight excluding hydrogens is 430 g/mol. The van der Waals surface area contributed by atoms with E-state index in [1.165, 1.54) is 10.6 Å². The molecule has 0 saturated carbocycles. The Balaban J connectivity index is 1.44. The molecule has 4 rings (SSSR count). The first kappa shape index (κ1) is 20.6. The van der Waals surface area contributed by atoms with Gasteiger partial charge in [0.2, 0.25) is 0 Å². The molecule has 0 atom stereocenters. The van der Waals surface area contributed by atoms with Crippen molar-refractivity contribution >= 4 is 29.1 Å².